The Balaban J connectivity index is 0.00000289. The summed E-state index contributed by atoms with van der Waals surface area (Å²) < 4.78 is 5.40. The van der Waals surface area contributed by atoms with Gasteiger partial charge in [-0.3, -0.25) is 0 Å². The van der Waals surface area contributed by atoms with Gasteiger partial charge in [0.05, 0.1) is 0 Å². The number of hydrogen-bond acceptors (Lipinski definition) is 3. The van der Waals surface area contributed by atoms with Crippen LogP contribution in [0.25, 0.3) is 0 Å². The number of halogens is 2. The minimum Gasteiger partial charge on any atom is -0.479 e. The summed E-state index contributed by atoms with van der Waals surface area (Å²) in [4.78, 5) is 12.9. The van der Waals surface area contributed by atoms with Crippen molar-refractivity contribution in [2.45, 2.75) is 12.5 Å². The van der Waals surface area contributed by atoms with Gasteiger partial charge in [-0.2, -0.15) is 0 Å². The molecule has 0 amide bonds. The molecule has 1 atom stereocenters. The van der Waals surface area contributed by atoms with Crippen LogP contribution in [0.1, 0.15) is 6.42 Å². The van der Waals surface area contributed by atoms with Crippen LogP contribution in [0.4, 0.5) is 0 Å². The van der Waals surface area contributed by atoms with Crippen LogP contribution in [-0.2, 0) is 4.79 Å². The maximum Gasteiger partial charge on any atom is 0.344 e. The molecular weight excluding hydrogens is 277 g/mol. The Morgan fingerprint density at radius 2 is 1.94 bits per heavy atom. The zero-order valence-corrected chi connectivity index (χ0v) is 11.9. The summed E-state index contributed by atoms with van der Waals surface area (Å²) in [6, 6.07) is 6.66. The molecule has 0 saturated heterocycles. The van der Waals surface area contributed by atoms with E-state index in [2.05, 4.69) is 0 Å². The van der Waals surface area contributed by atoms with Crippen LogP contribution in [0.15, 0.2) is 24.3 Å². The Morgan fingerprint density at radius 1 is 1.39 bits per heavy atom. The van der Waals surface area contributed by atoms with Crippen LogP contribution in [0, 0.1) is 0 Å². The Bertz CT molecular complexity index is 368. The third kappa shape index (κ3) is 6.10. The van der Waals surface area contributed by atoms with Crippen LogP contribution in [0.5, 0.6) is 5.75 Å². The summed E-state index contributed by atoms with van der Waals surface area (Å²) in [5, 5.41) is 9.63. The van der Waals surface area contributed by atoms with E-state index < -0.39 is 12.1 Å². The lowest BCUT2D eigenvalue weighted by Gasteiger charge is -2.17. The van der Waals surface area contributed by atoms with Crippen LogP contribution in [0.3, 0.4) is 0 Å². The molecule has 0 spiro atoms. The molecule has 1 aromatic carbocycles. The lowest BCUT2D eigenvalue weighted by molar-refractivity contribution is -0.145. The van der Waals surface area contributed by atoms with Gasteiger partial charge in [-0.1, -0.05) is 11.6 Å². The SMILES string of the molecule is CN(C)CCC(Oc1ccc(Cl)cc1)C(=O)O.Cl. The topological polar surface area (TPSA) is 49.8 Å². The highest BCUT2D eigenvalue weighted by Crippen LogP contribution is 2.17. The first kappa shape index (κ1) is 17.0. The van der Waals surface area contributed by atoms with Gasteiger partial charge in [-0.25, -0.2) is 4.79 Å². The molecule has 1 aromatic rings. The number of carboxylic acid groups (broad SMARTS) is 1. The second kappa shape index (κ2) is 8.19. The number of nitrogens with zero attached hydrogens (tertiary/aromatic N) is 1. The largest absolute Gasteiger partial charge is 0.479 e. The van der Waals surface area contributed by atoms with E-state index >= 15 is 0 Å². The van der Waals surface area contributed by atoms with Crippen molar-refractivity contribution < 1.29 is 14.6 Å². The lowest BCUT2D eigenvalue weighted by Crippen LogP contribution is -2.31. The van der Waals surface area contributed by atoms with Gasteiger partial charge in [0, 0.05) is 18.0 Å². The van der Waals surface area contributed by atoms with Crippen molar-refractivity contribution in [2.24, 2.45) is 0 Å². The molecule has 0 aromatic heterocycles. The average Bonchev–Trinajstić information content (AvgIpc) is 2.26. The molecule has 1 N–H and O–H groups in total. The number of benzene rings is 1. The molecular formula is C12H17Cl2NO3. The van der Waals surface area contributed by atoms with E-state index in [1.54, 1.807) is 24.3 Å². The van der Waals surface area contributed by atoms with Crippen LogP contribution >= 0.6 is 24.0 Å². The van der Waals surface area contributed by atoms with Crippen molar-refractivity contribution in [1.29, 1.82) is 0 Å². The quantitative estimate of drug-likeness (QED) is 0.876. The zero-order chi connectivity index (χ0) is 12.8. The molecule has 4 nitrogen and oxygen atoms in total. The monoisotopic (exact) mass is 293 g/mol. The minimum absolute atomic E-state index is 0. The number of hydrogen-bond donors (Lipinski definition) is 1. The summed E-state index contributed by atoms with van der Waals surface area (Å²) in [5.41, 5.74) is 0. The lowest BCUT2D eigenvalue weighted by atomic mass is 10.2. The number of carboxylic acids is 1. The maximum absolute atomic E-state index is 11.0. The normalized spacial score (nSPS) is 11.8. The van der Waals surface area contributed by atoms with E-state index in [1.165, 1.54) is 0 Å². The van der Waals surface area contributed by atoms with Gasteiger partial charge < -0.3 is 14.7 Å². The first-order valence-electron chi connectivity index (χ1n) is 5.29. The van der Waals surface area contributed by atoms with E-state index in [4.69, 9.17) is 21.4 Å². The Hall–Kier alpha value is -0.970. The highest BCUT2D eigenvalue weighted by molar-refractivity contribution is 6.30. The van der Waals surface area contributed by atoms with E-state index in [-0.39, 0.29) is 12.4 Å². The van der Waals surface area contributed by atoms with Crippen molar-refractivity contribution in [3.05, 3.63) is 29.3 Å². The molecule has 0 saturated carbocycles. The molecule has 0 aliphatic heterocycles. The van der Waals surface area contributed by atoms with E-state index in [0.29, 0.717) is 23.7 Å². The predicted molar refractivity (Wildman–Crippen MR) is 73.9 cm³/mol. The van der Waals surface area contributed by atoms with E-state index in [1.807, 2.05) is 19.0 Å². The summed E-state index contributed by atoms with van der Waals surface area (Å²) in [5.74, 6) is -0.442. The van der Waals surface area contributed by atoms with E-state index in [0.717, 1.165) is 0 Å². The average molecular weight is 294 g/mol. The molecule has 0 heterocycles. The number of rotatable bonds is 6. The van der Waals surface area contributed by atoms with Gasteiger partial charge in [0.15, 0.2) is 6.10 Å². The fraction of sp³-hybridized carbons (Fsp3) is 0.417. The van der Waals surface area contributed by atoms with Crippen molar-refractivity contribution in [3.63, 3.8) is 0 Å². The van der Waals surface area contributed by atoms with Gasteiger partial charge in [-0.05, 0) is 38.4 Å². The summed E-state index contributed by atoms with van der Waals surface area (Å²) in [6.45, 7) is 0.657. The summed E-state index contributed by atoms with van der Waals surface area (Å²) in [6.07, 6.45) is -0.399. The molecule has 6 heteroatoms. The Kier molecular flexibility index (Phi) is 7.75. The molecule has 0 fully saturated rings. The Morgan fingerprint density at radius 3 is 2.39 bits per heavy atom. The van der Waals surface area contributed by atoms with Gasteiger partial charge in [0.1, 0.15) is 5.75 Å². The van der Waals surface area contributed by atoms with Crippen LogP contribution in [0.2, 0.25) is 5.02 Å². The van der Waals surface area contributed by atoms with Crippen molar-refractivity contribution in [2.75, 3.05) is 20.6 Å². The third-order valence-corrected chi connectivity index (χ3v) is 2.46. The predicted octanol–water partition coefficient (Wildman–Crippen LogP) is 2.55. The summed E-state index contributed by atoms with van der Waals surface area (Å²) in [7, 11) is 3.78. The second-order valence-corrected chi connectivity index (χ2v) is 4.43. The fourth-order valence-corrected chi connectivity index (χ4v) is 1.41. The molecule has 0 radical (unpaired) electrons. The van der Waals surface area contributed by atoms with E-state index in [9.17, 15) is 4.79 Å². The first-order valence-corrected chi connectivity index (χ1v) is 5.66. The van der Waals surface area contributed by atoms with Gasteiger partial charge in [-0.15, -0.1) is 12.4 Å². The number of ether oxygens (including phenoxy) is 1. The van der Waals surface area contributed by atoms with Gasteiger partial charge in [0.2, 0.25) is 0 Å². The highest BCUT2D eigenvalue weighted by atomic mass is 35.5. The van der Waals surface area contributed by atoms with Crippen LogP contribution < -0.4 is 4.74 Å². The highest BCUT2D eigenvalue weighted by Gasteiger charge is 2.19. The van der Waals surface area contributed by atoms with Crippen molar-refractivity contribution in [3.8, 4) is 5.75 Å². The fourth-order valence-electron chi connectivity index (χ4n) is 1.29. The van der Waals surface area contributed by atoms with Gasteiger partial charge >= 0.3 is 5.97 Å². The molecule has 1 rings (SSSR count). The smallest absolute Gasteiger partial charge is 0.344 e. The van der Waals surface area contributed by atoms with Crippen LogP contribution in [-0.4, -0.2) is 42.7 Å². The molecule has 102 valence electrons. The minimum atomic E-state index is -0.957. The number of carbonyl (C=O) groups is 1. The van der Waals surface area contributed by atoms with Crippen molar-refractivity contribution >= 4 is 30.0 Å². The molecule has 1 unspecified atom stereocenters. The first-order chi connectivity index (χ1) is 7.99. The standard InChI is InChI=1S/C12H16ClNO3.ClH/c1-14(2)8-7-11(12(15)16)17-10-5-3-9(13)4-6-10;/h3-6,11H,7-8H2,1-2H3,(H,15,16);1H. The molecule has 18 heavy (non-hydrogen) atoms. The Labute approximate surface area is 118 Å². The third-order valence-electron chi connectivity index (χ3n) is 2.21. The molecule has 0 bridgehead atoms. The zero-order valence-electron chi connectivity index (χ0n) is 10.3. The summed E-state index contributed by atoms with van der Waals surface area (Å²) >= 11 is 5.73. The number of aliphatic carboxylic acids is 1. The molecule has 0 aliphatic carbocycles. The molecule has 0 aliphatic rings. The van der Waals surface area contributed by atoms with Gasteiger partial charge in [0.25, 0.3) is 0 Å². The van der Waals surface area contributed by atoms with Crippen molar-refractivity contribution in [1.82, 2.24) is 4.90 Å². The second-order valence-electron chi connectivity index (χ2n) is 3.99. The maximum atomic E-state index is 11.0.